The molecule has 42 heavy (non-hydrogen) atoms. The van der Waals surface area contributed by atoms with E-state index in [-0.39, 0.29) is 10.6 Å². The fourth-order valence-electron chi connectivity index (χ4n) is 5.41. The van der Waals surface area contributed by atoms with Crippen molar-refractivity contribution in [3.63, 3.8) is 0 Å². The smallest absolute Gasteiger partial charge is 0.416 e. The van der Waals surface area contributed by atoms with Gasteiger partial charge in [0.15, 0.2) is 11.5 Å². The minimum absolute atomic E-state index is 0.150. The molecular weight excluding hydrogens is 589 g/mol. The van der Waals surface area contributed by atoms with Crippen molar-refractivity contribution in [3.8, 4) is 11.5 Å². The third kappa shape index (κ3) is 4.98. The van der Waals surface area contributed by atoms with Gasteiger partial charge in [-0.1, -0.05) is 65.1 Å². The summed E-state index contributed by atoms with van der Waals surface area (Å²) in [6.45, 7) is 2.28. The zero-order valence-electron chi connectivity index (χ0n) is 22.2. The molecule has 0 spiro atoms. The number of benzene rings is 3. The summed E-state index contributed by atoms with van der Waals surface area (Å²) in [7, 11) is 1.48. The van der Waals surface area contributed by atoms with E-state index in [1.165, 1.54) is 19.2 Å². The maximum Gasteiger partial charge on any atom is 0.416 e. The zero-order valence-corrected chi connectivity index (χ0v) is 23.9. The van der Waals surface area contributed by atoms with Gasteiger partial charge in [0.1, 0.15) is 11.9 Å². The number of thioether (sulfide) groups is 1. The van der Waals surface area contributed by atoms with Crippen LogP contribution >= 0.6 is 23.1 Å². The van der Waals surface area contributed by atoms with Gasteiger partial charge in [-0.25, -0.2) is 4.90 Å². The lowest BCUT2D eigenvalue weighted by Gasteiger charge is -2.30. The summed E-state index contributed by atoms with van der Waals surface area (Å²) < 4.78 is 51.9. The molecule has 6 rings (SSSR count). The SMILES string of the molecule is COc1cc([C@@H]2c3sc(=O)[nH]c3S[C@H]3C(=O)N(c4cccc(C(F)(F)F)c4)C(=O)[C@@H]23)ccc1OCc1cccc(C)c1. The predicted molar refractivity (Wildman–Crippen MR) is 152 cm³/mol. The number of H-pyrrole nitrogens is 1. The molecule has 7 nitrogen and oxygen atoms in total. The number of methoxy groups -OCH3 is 1. The number of nitrogens with one attached hydrogen (secondary N) is 1. The highest BCUT2D eigenvalue weighted by Gasteiger charge is 2.56. The molecule has 0 unspecified atom stereocenters. The van der Waals surface area contributed by atoms with Gasteiger partial charge in [0, 0.05) is 10.8 Å². The van der Waals surface area contributed by atoms with Gasteiger partial charge in [0.2, 0.25) is 11.8 Å². The minimum Gasteiger partial charge on any atom is -0.493 e. The normalized spacial score (nSPS) is 19.9. The monoisotopic (exact) mass is 612 g/mol. The average molecular weight is 613 g/mol. The second-order valence-corrected chi connectivity index (χ2v) is 12.2. The van der Waals surface area contributed by atoms with Gasteiger partial charge in [0.25, 0.3) is 0 Å². The molecule has 3 aromatic carbocycles. The molecule has 2 aliphatic heterocycles. The Morgan fingerprint density at radius 3 is 2.48 bits per heavy atom. The second-order valence-electron chi connectivity index (χ2n) is 10.00. The third-order valence-electron chi connectivity index (χ3n) is 7.28. The van der Waals surface area contributed by atoms with Gasteiger partial charge < -0.3 is 14.5 Å². The molecule has 3 heterocycles. The quantitative estimate of drug-likeness (QED) is 0.263. The number of fused-ring (bicyclic) bond motifs is 2. The first-order chi connectivity index (χ1) is 20.0. The number of halogens is 3. The zero-order chi connectivity index (χ0) is 29.8. The summed E-state index contributed by atoms with van der Waals surface area (Å²) in [4.78, 5) is 43.7. The number of alkyl halides is 3. The molecule has 0 saturated carbocycles. The van der Waals surface area contributed by atoms with Crippen LogP contribution in [0.15, 0.2) is 76.6 Å². The molecule has 1 fully saturated rings. The lowest BCUT2D eigenvalue weighted by molar-refractivity contribution is -0.137. The standard InChI is InChI=1S/C30H23F3N2O5S2/c1-15-5-3-6-16(11-15)14-40-20-10-9-17(12-21(20)39-2)22-23-25(41-26-24(22)42-29(38)34-26)28(37)35(27(23)36)19-8-4-7-18(13-19)30(31,32)33/h3-13,22-23,25H,14H2,1-2H3,(H,34,38)/t22-,23-,25+/m0/s1. The van der Waals surface area contributed by atoms with E-state index in [9.17, 15) is 27.6 Å². The molecule has 12 heteroatoms. The van der Waals surface area contributed by atoms with Crippen LogP contribution < -0.4 is 19.2 Å². The molecular formula is C30H23F3N2O5S2. The van der Waals surface area contributed by atoms with Crippen LogP contribution in [0, 0.1) is 12.8 Å². The summed E-state index contributed by atoms with van der Waals surface area (Å²) in [6.07, 6.45) is -4.64. The van der Waals surface area contributed by atoms with Crippen LogP contribution in [0.3, 0.4) is 0 Å². The third-order valence-corrected chi connectivity index (χ3v) is 9.68. The van der Waals surface area contributed by atoms with Crippen molar-refractivity contribution < 1.29 is 32.2 Å². The number of thiazole rings is 1. The molecule has 3 atom stereocenters. The van der Waals surface area contributed by atoms with Crippen molar-refractivity contribution in [2.24, 2.45) is 5.92 Å². The molecule has 0 radical (unpaired) electrons. The molecule has 1 aromatic heterocycles. The van der Waals surface area contributed by atoms with Gasteiger partial charge in [-0.05, 0) is 48.4 Å². The van der Waals surface area contributed by atoms with Crippen LogP contribution in [-0.4, -0.2) is 29.2 Å². The summed E-state index contributed by atoms with van der Waals surface area (Å²) in [5, 5.41) is -0.486. The Bertz CT molecular complexity index is 1770. The maximum absolute atomic E-state index is 13.9. The molecule has 216 valence electrons. The summed E-state index contributed by atoms with van der Waals surface area (Å²) in [5.74, 6) is -2.09. The van der Waals surface area contributed by atoms with Crippen molar-refractivity contribution in [1.82, 2.24) is 4.98 Å². The van der Waals surface area contributed by atoms with E-state index in [1.54, 1.807) is 18.2 Å². The summed E-state index contributed by atoms with van der Waals surface area (Å²) >= 11 is 1.99. The van der Waals surface area contributed by atoms with Crippen molar-refractivity contribution in [2.75, 3.05) is 12.0 Å². The molecule has 1 N–H and O–H groups in total. The van der Waals surface area contributed by atoms with Crippen molar-refractivity contribution in [1.29, 1.82) is 0 Å². The number of aromatic amines is 1. The van der Waals surface area contributed by atoms with E-state index in [0.29, 0.717) is 33.6 Å². The number of rotatable bonds is 6. The molecule has 0 aliphatic carbocycles. The Balaban J connectivity index is 1.38. The van der Waals surface area contributed by atoms with Crippen LogP contribution in [0.25, 0.3) is 0 Å². The molecule has 2 amide bonds. The second kappa shape index (κ2) is 10.7. The van der Waals surface area contributed by atoms with Gasteiger partial charge in [0.05, 0.1) is 29.3 Å². The highest BCUT2D eigenvalue weighted by atomic mass is 32.2. The van der Waals surface area contributed by atoms with Gasteiger partial charge in [-0.3, -0.25) is 14.4 Å². The van der Waals surface area contributed by atoms with Crippen LogP contribution in [0.1, 0.15) is 33.0 Å². The fraction of sp³-hybridized carbons (Fsp3) is 0.233. The highest BCUT2D eigenvalue weighted by Crippen LogP contribution is 2.54. The van der Waals surface area contributed by atoms with Crippen molar-refractivity contribution in [2.45, 2.75) is 35.9 Å². The Morgan fingerprint density at radius 2 is 1.74 bits per heavy atom. The Kier molecular flexibility index (Phi) is 7.14. The van der Waals surface area contributed by atoms with Gasteiger partial charge >= 0.3 is 11.0 Å². The van der Waals surface area contributed by atoms with Crippen molar-refractivity contribution in [3.05, 3.63) is 104 Å². The van der Waals surface area contributed by atoms with Gasteiger partial charge in [-0.15, -0.1) is 0 Å². The number of hydrogen-bond donors (Lipinski definition) is 1. The molecule has 2 aliphatic rings. The number of ether oxygens (including phenoxy) is 2. The first kappa shape index (κ1) is 28.1. The fourth-order valence-corrected chi connectivity index (χ4v) is 7.93. The topological polar surface area (TPSA) is 88.7 Å². The number of aromatic nitrogens is 1. The average Bonchev–Trinajstić information content (AvgIpc) is 3.45. The predicted octanol–water partition coefficient (Wildman–Crippen LogP) is 6.15. The summed E-state index contributed by atoms with van der Waals surface area (Å²) in [5.41, 5.74) is 1.56. The van der Waals surface area contributed by atoms with E-state index in [1.807, 2.05) is 31.2 Å². The van der Waals surface area contributed by atoms with E-state index in [2.05, 4.69) is 4.98 Å². The van der Waals surface area contributed by atoms with Crippen LogP contribution in [0.2, 0.25) is 0 Å². The van der Waals surface area contributed by atoms with Crippen LogP contribution in [0.5, 0.6) is 11.5 Å². The van der Waals surface area contributed by atoms with E-state index < -0.39 is 40.6 Å². The minimum atomic E-state index is -4.64. The van der Waals surface area contributed by atoms with E-state index in [0.717, 1.165) is 51.3 Å². The summed E-state index contributed by atoms with van der Waals surface area (Å²) in [6, 6.07) is 17.2. The molecule has 0 bridgehead atoms. The number of hydrogen-bond acceptors (Lipinski definition) is 7. The lowest BCUT2D eigenvalue weighted by atomic mass is 9.83. The van der Waals surface area contributed by atoms with Crippen LogP contribution in [0.4, 0.5) is 18.9 Å². The van der Waals surface area contributed by atoms with E-state index >= 15 is 0 Å². The first-order valence-electron chi connectivity index (χ1n) is 12.9. The van der Waals surface area contributed by atoms with Crippen LogP contribution in [-0.2, 0) is 22.4 Å². The van der Waals surface area contributed by atoms with Gasteiger partial charge in [-0.2, -0.15) is 13.2 Å². The molecule has 4 aromatic rings. The van der Waals surface area contributed by atoms with Crippen molar-refractivity contribution >= 4 is 40.6 Å². The number of amides is 2. The number of anilines is 1. The number of carbonyl (C=O) groups excluding carboxylic acids is 2. The Labute approximate surface area is 246 Å². The maximum atomic E-state index is 13.9. The number of carbonyl (C=O) groups is 2. The van der Waals surface area contributed by atoms with E-state index in [4.69, 9.17) is 9.47 Å². The highest BCUT2D eigenvalue weighted by molar-refractivity contribution is 8.00. The first-order valence-corrected chi connectivity index (χ1v) is 14.6. The lowest BCUT2D eigenvalue weighted by Crippen LogP contribution is -2.32. The Morgan fingerprint density at radius 1 is 0.952 bits per heavy atom. The number of imide groups is 1. The largest absolute Gasteiger partial charge is 0.493 e. The Hall–Kier alpha value is -4.03. The number of aryl methyl sites for hydroxylation is 1. The number of nitrogens with zero attached hydrogens (tertiary/aromatic N) is 1. The molecule has 1 saturated heterocycles.